The molecule has 14 rings (SSSR count). The lowest BCUT2D eigenvalue weighted by Crippen LogP contribution is -2.04. The second-order valence-electron chi connectivity index (χ2n) is 17.5. The number of phenols is 2. The Morgan fingerprint density at radius 3 is 0.768 bits per heavy atom. The van der Waals surface area contributed by atoms with E-state index in [0.717, 1.165) is 43.1 Å². The third-order valence-corrected chi connectivity index (χ3v) is 15.3. The highest BCUT2D eigenvalue weighted by Gasteiger charge is 2.28. The van der Waals surface area contributed by atoms with Gasteiger partial charge in [-0.3, -0.25) is 0 Å². The van der Waals surface area contributed by atoms with Crippen molar-refractivity contribution in [2.45, 2.75) is 9.79 Å². The van der Waals surface area contributed by atoms with Crippen molar-refractivity contribution in [1.29, 1.82) is 0 Å². The summed E-state index contributed by atoms with van der Waals surface area (Å²) in [6.45, 7) is 0. The molecule has 4 heterocycles. The molecule has 0 unspecified atom stereocenters. The standard InChI is InChI=1S/C60H34O8S/c61-59-43(33-17-21-55-47(25-33)39-9-1-5-13-51(39)65-55)29-37(30-44(59)34-18-22-56-48(26-34)40-10-2-6-14-52(40)66-56)69(63,64)38-31-45(35-19-23-57-49(27-35)41-11-3-7-15-53(41)67-57)60(62)46(32-38)36-20-24-58-50(28-36)42-12-4-8-16-54(42)68-58/h1-32,61-62H. The molecule has 69 heavy (non-hydrogen) atoms. The number of furan rings is 4. The molecule has 0 aliphatic heterocycles. The van der Waals surface area contributed by atoms with Gasteiger partial charge in [0, 0.05) is 65.3 Å². The van der Waals surface area contributed by atoms with Crippen LogP contribution in [0, 0.1) is 0 Å². The molecule has 4 aromatic heterocycles. The van der Waals surface area contributed by atoms with Crippen LogP contribution >= 0.6 is 0 Å². The molecule has 14 aromatic rings. The van der Waals surface area contributed by atoms with Crippen LogP contribution in [-0.4, -0.2) is 18.6 Å². The predicted molar refractivity (Wildman–Crippen MR) is 273 cm³/mol. The summed E-state index contributed by atoms with van der Waals surface area (Å²) in [6, 6.07) is 59.4. The van der Waals surface area contributed by atoms with Gasteiger partial charge < -0.3 is 27.9 Å². The molecule has 0 aliphatic rings. The van der Waals surface area contributed by atoms with E-state index < -0.39 is 9.84 Å². The monoisotopic (exact) mass is 914 g/mol. The van der Waals surface area contributed by atoms with Gasteiger partial charge in [0.25, 0.3) is 0 Å². The van der Waals surface area contributed by atoms with E-state index in [0.29, 0.717) is 89.2 Å². The molecule has 0 bridgehead atoms. The molecule has 0 saturated heterocycles. The molecule has 0 fully saturated rings. The van der Waals surface area contributed by atoms with E-state index in [1.807, 2.05) is 170 Å². The van der Waals surface area contributed by atoms with Crippen molar-refractivity contribution in [2.24, 2.45) is 0 Å². The smallest absolute Gasteiger partial charge is 0.206 e. The minimum absolute atomic E-state index is 0.0604. The van der Waals surface area contributed by atoms with E-state index in [4.69, 9.17) is 17.7 Å². The number of sulfone groups is 1. The summed E-state index contributed by atoms with van der Waals surface area (Å²) in [4.78, 5) is -0.121. The normalized spacial score (nSPS) is 12.3. The molecule has 0 atom stereocenters. The van der Waals surface area contributed by atoms with Crippen LogP contribution in [0.5, 0.6) is 11.5 Å². The first kappa shape index (κ1) is 39.1. The minimum Gasteiger partial charge on any atom is -0.507 e. The van der Waals surface area contributed by atoms with Crippen molar-refractivity contribution >= 4 is 97.6 Å². The summed E-state index contributed by atoms with van der Waals surface area (Å²) in [6.07, 6.45) is 0. The van der Waals surface area contributed by atoms with Crippen LogP contribution in [-0.2, 0) is 9.84 Å². The summed E-state index contributed by atoms with van der Waals surface area (Å²) >= 11 is 0. The van der Waals surface area contributed by atoms with Crippen LogP contribution in [0.1, 0.15) is 0 Å². The van der Waals surface area contributed by atoms with Gasteiger partial charge in [0.1, 0.15) is 56.2 Å². The average molecular weight is 915 g/mol. The Bertz CT molecular complexity index is 4050. The van der Waals surface area contributed by atoms with Gasteiger partial charge in [-0.15, -0.1) is 0 Å². The van der Waals surface area contributed by atoms with Gasteiger partial charge in [0.05, 0.1) is 9.79 Å². The molecular formula is C60H34O8S. The van der Waals surface area contributed by atoms with Crippen LogP contribution in [0.2, 0.25) is 0 Å². The Morgan fingerprint density at radius 1 is 0.275 bits per heavy atom. The van der Waals surface area contributed by atoms with E-state index in [-0.39, 0.29) is 21.3 Å². The summed E-state index contributed by atoms with van der Waals surface area (Å²) in [5.41, 5.74) is 9.10. The van der Waals surface area contributed by atoms with Crippen molar-refractivity contribution in [3.8, 4) is 56.0 Å². The molecule has 0 radical (unpaired) electrons. The van der Waals surface area contributed by atoms with Gasteiger partial charge in [-0.25, -0.2) is 8.42 Å². The Hall–Kier alpha value is -9.05. The van der Waals surface area contributed by atoms with E-state index in [1.54, 1.807) is 0 Å². The first-order valence-corrected chi connectivity index (χ1v) is 23.9. The Balaban J connectivity index is 1.02. The van der Waals surface area contributed by atoms with Crippen LogP contribution in [0.4, 0.5) is 0 Å². The maximum atomic E-state index is 15.8. The number of benzene rings is 10. The lowest BCUT2D eigenvalue weighted by molar-refractivity contribution is 0.478. The molecule has 10 aromatic carbocycles. The van der Waals surface area contributed by atoms with E-state index in [9.17, 15) is 10.2 Å². The Labute approximate surface area is 392 Å². The number of para-hydroxylation sites is 4. The van der Waals surface area contributed by atoms with E-state index in [1.165, 1.54) is 24.3 Å². The van der Waals surface area contributed by atoms with Gasteiger partial charge >= 0.3 is 0 Å². The maximum absolute atomic E-state index is 15.8. The van der Waals surface area contributed by atoms with Gasteiger partial charge in [-0.2, -0.15) is 0 Å². The van der Waals surface area contributed by atoms with Crippen molar-refractivity contribution < 1.29 is 36.3 Å². The van der Waals surface area contributed by atoms with Gasteiger partial charge in [0.2, 0.25) is 9.84 Å². The molecule has 0 spiro atoms. The third kappa shape index (κ3) is 5.97. The predicted octanol–water partition coefficient (Wildman–Crippen LogP) is 16.2. The number of fused-ring (bicyclic) bond motifs is 12. The SMILES string of the molecule is O=S(=O)(c1cc(-c2ccc3oc4ccccc4c3c2)c(O)c(-c2ccc3oc4ccccc4c3c2)c1)c1cc(-c2ccc3oc4ccccc4c3c2)c(O)c(-c2ccc3oc4ccccc4c3c2)c1. The molecule has 0 saturated carbocycles. The zero-order valence-electron chi connectivity index (χ0n) is 36.2. The lowest BCUT2D eigenvalue weighted by Gasteiger charge is -2.17. The van der Waals surface area contributed by atoms with E-state index in [2.05, 4.69) is 0 Å². The minimum atomic E-state index is -4.46. The molecule has 0 amide bonds. The largest absolute Gasteiger partial charge is 0.507 e. The van der Waals surface area contributed by atoms with Crippen molar-refractivity contribution in [3.05, 3.63) is 194 Å². The first-order valence-electron chi connectivity index (χ1n) is 22.4. The highest BCUT2D eigenvalue weighted by molar-refractivity contribution is 7.91. The van der Waals surface area contributed by atoms with Crippen molar-refractivity contribution in [2.75, 3.05) is 0 Å². The zero-order valence-corrected chi connectivity index (χ0v) is 37.0. The van der Waals surface area contributed by atoms with Crippen LogP contribution in [0.3, 0.4) is 0 Å². The summed E-state index contributed by atoms with van der Waals surface area (Å²) in [5.74, 6) is -0.191. The van der Waals surface area contributed by atoms with Gasteiger partial charge in [-0.1, -0.05) is 97.1 Å². The topological polar surface area (TPSA) is 127 Å². The molecule has 8 nitrogen and oxygen atoms in total. The molecule has 9 heteroatoms. The van der Waals surface area contributed by atoms with Crippen LogP contribution in [0.25, 0.3) is 132 Å². The molecule has 328 valence electrons. The van der Waals surface area contributed by atoms with Crippen LogP contribution in [0.15, 0.2) is 222 Å². The van der Waals surface area contributed by atoms with Crippen molar-refractivity contribution in [1.82, 2.24) is 0 Å². The fourth-order valence-corrected chi connectivity index (χ4v) is 11.5. The highest BCUT2D eigenvalue weighted by Crippen LogP contribution is 2.48. The van der Waals surface area contributed by atoms with Crippen molar-refractivity contribution in [3.63, 3.8) is 0 Å². The summed E-state index contributed by atoms with van der Waals surface area (Å²) in [7, 11) is -4.46. The Morgan fingerprint density at radius 2 is 0.507 bits per heavy atom. The van der Waals surface area contributed by atoms with Gasteiger partial charge in [-0.05, 0) is 119 Å². The van der Waals surface area contributed by atoms with Gasteiger partial charge in [0.15, 0.2) is 0 Å². The molecule has 0 aliphatic carbocycles. The number of rotatable bonds is 6. The zero-order chi connectivity index (χ0) is 46.1. The molecular weight excluding hydrogens is 881 g/mol. The highest BCUT2D eigenvalue weighted by atomic mass is 32.2. The number of hydrogen-bond acceptors (Lipinski definition) is 8. The van der Waals surface area contributed by atoms with Crippen LogP contribution < -0.4 is 0 Å². The maximum Gasteiger partial charge on any atom is 0.206 e. The fraction of sp³-hybridized carbons (Fsp3) is 0. The third-order valence-electron chi connectivity index (χ3n) is 13.5. The van der Waals surface area contributed by atoms with E-state index >= 15 is 8.42 Å². The molecule has 2 N–H and O–H groups in total. The number of phenolic OH excluding ortho intramolecular Hbond substituents is 2. The fourth-order valence-electron chi connectivity index (χ4n) is 10.1. The lowest BCUT2D eigenvalue weighted by atomic mass is 9.95. The average Bonchev–Trinajstić information content (AvgIpc) is 4.16. The second-order valence-corrected chi connectivity index (χ2v) is 19.4. The number of hydrogen-bond donors (Lipinski definition) is 2. The summed E-state index contributed by atoms with van der Waals surface area (Å²) < 4.78 is 56.1. The first-order chi connectivity index (χ1) is 33.7. The summed E-state index contributed by atoms with van der Waals surface area (Å²) in [5, 5.41) is 31.7. The number of aromatic hydroxyl groups is 2. The second kappa shape index (κ2) is 14.5. The quantitative estimate of drug-likeness (QED) is 0.169. The Kier molecular flexibility index (Phi) is 8.21.